The molecule has 0 bridgehead atoms. The van der Waals surface area contributed by atoms with E-state index >= 15 is 0 Å². The van der Waals surface area contributed by atoms with Gasteiger partial charge in [0.25, 0.3) is 0 Å². The Morgan fingerprint density at radius 2 is 2.31 bits per heavy atom. The Bertz CT molecular complexity index is 245. The Labute approximate surface area is 84.1 Å². The molecule has 1 heterocycles. The monoisotopic (exact) mass is 201 g/mol. The maximum absolute atomic E-state index is 5.61. The molecular weight excluding hydrogens is 186 g/mol. The molecule has 0 unspecified atom stereocenters. The molecule has 0 aromatic carbocycles. The summed E-state index contributed by atoms with van der Waals surface area (Å²) in [6.45, 7) is 5.40. The first kappa shape index (κ1) is 10.5. The van der Waals surface area contributed by atoms with Crippen LogP contribution >= 0.6 is 11.6 Å². The first-order valence-electron chi connectivity index (χ1n) is 4.67. The molecular formula is C9H16ClN3. The van der Waals surface area contributed by atoms with Crippen molar-refractivity contribution in [1.29, 1.82) is 0 Å². The lowest BCUT2D eigenvalue weighted by molar-refractivity contribution is 0.482. The van der Waals surface area contributed by atoms with Crippen molar-refractivity contribution in [2.24, 2.45) is 5.92 Å². The van der Waals surface area contributed by atoms with Gasteiger partial charge in [-0.2, -0.15) is 0 Å². The zero-order chi connectivity index (χ0) is 9.68. The standard InChI is InChI=1S/C9H16ClN3/c1-8(2)4-3-5-13-7-9(6-10)11-12-13/h7-8H,3-6H2,1-2H3. The van der Waals surface area contributed by atoms with Crippen LogP contribution in [0.1, 0.15) is 32.4 Å². The summed E-state index contributed by atoms with van der Waals surface area (Å²) in [7, 11) is 0. The summed E-state index contributed by atoms with van der Waals surface area (Å²) in [6.07, 6.45) is 4.30. The van der Waals surface area contributed by atoms with Crippen LogP contribution in [0.3, 0.4) is 0 Å². The third kappa shape index (κ3) is 3.77. The van der Waals surface area contributed by atoms with E-state index in [1.54, 1.807) is 0 Å². The lowest BCUT2D eigenvalue weighted by Crippen LogP contribution is -2.00. The number of aryl methyl sites for hydroxylation is 1. The van der Waals surface area contributed by atoms with Gasteiger partial charge in [-0.25, -0.2) is 0 Å². The topological polar surface area (TPSA) is 30.7 Å². The van der Waals surface area contributed by atoms with Crippen molar-refractivity contribution in [2.75, 3.05) is 0 Å². The number of nitrogens with zero attached hydrogens (tertiary/aromatic N) is 3. The molecule has 0 amide bonds. The zero-order valence-electron chi connectivity index (χ0n) is 8.20. The fourth-order valence-electron chi connectivity index (χ4n) is 1.17. The molecule has 1 rings (SSSR count). The van der Waals surface area contributed by atoms with Crippen LogP contribution in [0.4, 0.5) is 0 Å². The van der Waals surface area contributed by atoms with E-state index in [0.717, 1.165) is 24.6 Å². The number of hydrogen-bond donors (Lipinski definition) is 0. The normalized spacial score (nSPS) is 11.1. The predicted molar refractivity (Wildman–Crippen MR) is 53.7 cm³/mol. The van der Waals surface area contributed by atoms with Crippen LogP contribution in [-0.4, -0.2) is 15.0 Å². The minimum Gasteiger partial charge on any atom is -0.252 e. The molecule has 1 aromatic heterocycles. The van der Waals surface area contributed by atoms with Gasteiger partial charge in [-0.15, -0.1) is 16.7 Å². The average Bonchev–Trinajstić information content (AvgIpc) is 2.52. The Morgan fingerprint density at radius 3 is 2.85 bits per heavy atom. The van der Waals surface area contributed by atoms with E-state index < -0.39 is 0 Å². The maximum Gasteiger partial charge on any atom is 0.0974 e. The molecule has 0 saturated carbocycles. The van der Waals surface area contributed by atoms with E-state index in [4.69, 9.17) is 11.6 Å². The number of rotatable bonds is 5. The van der Waals surface area contributed by atoms with Crippen LogP contribution in [-0.2, 0) is 12.4 Å². The van der Waals surface area contributed by atoms with Gasteiger partial charge in [0.15, 0.2) is 0 Å². The SMILES string of the molecule is CC(C)CCCn1cc(CCl)nn1. The van der Waals surface area contributed by atoms with Gasteiger partial charge in [0.05, 0.1) is 11.6 Å². The second-order valence-electron chi connectivity index (χ2n) is 3.64. The average molecular weight is 202 g/mol. The number of alkyl halides is 1. The predicted octanol–water partition coefficient (Wildman–Crippen LogP) is 2.45. The van der Waals surface area contributed by atoms with Crippen LogP contribution in [0.15, 0.2) is 6.20 Å². The second-order valence-corrected chi connectivity index (χ2v) is 3.91. The highest BCUT2D eigenvalue weighted by Gasteiger charge is 1.99. The maximum atomic E-state index is 5.61. The van der Waals surface area contributed by atoms with Crippen molar-refractivity contribution < 1.29 is 0 Å². The summed E-state index contributed by atoms with van der Waals surface area (Å²) in [5.41, 5.74) is 0.853. The molecule has 13 heavy (non-hydrogen) atoms. The quantitative estimate of drug-likeness (QED) is 0.686. The molecule has 3 nitrogen and oxygen atoms in total. The minimum atomic E-state index is 0.449. The van der Waals surface area contributed by atoms with E-state index in [9.17, 15) is 0 Å². The molecule has 0 fully saturated rings. The van der Waals surface area contributed by atoms with Crippen LogP contribution in [0, 0.1) is 5.92 Å². The summed E-state index contributed by atoms with van der Waals surface area (Å²) in [5, 5.41) is 7.88. The van der Waals surface area contributed by atoms with Crippen molar-refractivity contribution >= 4 is 11.6 Å². The van der Waals surface area contributed by atoms with E-state index in [-0.39, 0.29) is 0 Å². The molecule has 0 radical (unpaired) electrons. The zero-order valence-corrected chi connectivity index (χ0v) is 8.96. The highest BCUT2D eigenvalue weighted by molar-refractivity contribution is 6.16. The fourth-order valence-corrected chi connectivity index (χ4v) is 1.29. The molecule has 0 aliphatic heterocycles. The smallest absolute Gasteiger partial charge is 0.0974 e. The molecule has 74 valence electrons. The molecule has 0 aliphatic carbocycles. The molecule has 0 N–H and O–H groups in total. The van der Waals surface area contributed by atoms with Crippen molar-refractivity contribution in [3.63, 3.8) is 0 Å². The van der Waals surface area contributed by atoms with Gasteiger partial charge in [0.1, 0.15) is 0 Å². The summed E-state index contributed by atoms with van der Waals surface area (Å²) in [6, 6.07) is 0. The number of aromatic nitrogens is 3. The van der Waals surface area contributed by atoms with Gasteiger partial charge in [0.2, 0.25) is 0 Å². The van der Waals surface area contributed by atoms with Crippen LogP contribution in [0.5, 0.6) is 0 Å². The van der Waals surface area contributed by atoms with E-state index in [1.165, 1.54) is 6.42 Å². The molecule has 0 atom stereocenters. The van der Waals surface area contributed by atoms with Crippen LogP contribution < -0.4 is 0 Å². The molecule has 0 aliphatic rings. The van der Waals surface area contributed by atoms with E-state index in [1.807, 2.05) is 10.9 Å². The summed E-state index contributed by atoms with van der Waals surface area (Å²) < 4.78 is 1.86. The van der Waals surface area contributed by atoms with Crippen molar-refractivity contribution in [3.05, 3.63) is 11.9 Å². The van der Waals surface area contributed by atoms with E-state index in [2.05, 4.69) is 24.2 Å². The third-order valence-electron chi connectivity index (χ3n) is 1.89. The molecule has 0 spiro atoms. The Kier molecular flexibility index (Phi) is 4.22. The Hall–Kier alpha value is -0.570. The second kappa shape index (κ2) is 5.22. The van der Waals surface area contributed by atoms with Gasteiger partial charge in [-0.1, -0.05) is 19.1 Å². The Balaban J connectivity index is 2.28. The summed E-state index contributed by atoms with van der Waals surface area (Å²) >= 11 is 5.61. The lowest BCUT2D eigenvalue weighted by atomic mass is 10.1. The highest BCUT2D eigenvalue weighted by Crippen LogP contribution is 2.05. The molecule has 4 heteroatoms. The van der Waals surface area contributed by atoms with Gasteiger partial charge in [-0.05, 0) is 18.8 Å². The van der Waals surface area contributed by atoms with Crippen molar-refractivity contribution in [1.82, 2.24) is 15.0 Å². The van der Waals surface area contributed by atoms with Gasteiger partial charge in [0, 0.05) is 12.7 Å². The van der Waals surface area contributed by atoms with Crippen molar-refractivity contribution in [3.8, 4) is 0 Å². The lowest BCUT2D eigenvalue weighted by Gasteiger charge is -2.03. The molecule has 0 saturated heterocycles. The van der Waals surface area contributed by atoms with Crippen molar-refractivity contribution in [2.45, 2.75) is 39.1 Å². The third-order valence-corrected chi connectivity index (χ3v) is 2.17. The van der Waals surface area contributed by atoms with Crippen LogP contribution in [0.2, 0.25) is 0 Å². The summed E-state index contributed by atoms with van der Waals surface area (Å²) in [5.74, 6) is 1.21. The number of halogens is 1. The van der Waals surface area contributed by atoms with Crippen LogP contribution in [0.25, 0.3) is 0 Å². The van der Waals surface area contributed by atoms with Gasteiger partial charge < -0.3 is 0 Å². The summed E-state index contributed by atoms with van der Waals surface area (Å²) in [4.78, 5) is 0. The first-order chi connectivity index (χ1) is 6.22. The van der Waals surface area contributed by atoms with Gasteiger partial charge >= 0.3 is 0 Å². The fraction of sp³-hybridized carbons (Fsp3) is 0.778. The number of hydrogen-bond acceptors (Lipinski definition) is 2. The first-order valence-corrected chi connectivity index (χ1v) is 5.20. The minimum absolute atomic E-state index is 0.449. The van der Waals surface area contributed by atoms with E-state index in [0.29, 0.717) is 5.88 Å². The largest absolute Gasteiger partial charge is 0.252 e. The van der Waals surface area contributed by atoms with Gasteiger partial charge in [-0.3, -0.25) is 4.68 Å². The Morgan fingerprint density at radius 1 is 1.54 bits per heavy atom. The highest BCUT2D eigenvalue weighted by atomic mass is 35.5. The molecule has 1 aromatic rings.